The first-order valence-electron chi connectivity index (χ1n) is 8.92. The molecule has 3 rings (SSSR count). The molecule has 1 N–H and O–H groups in total. The zero-order valence-electron chi connectivity index (χ0n) is 16.2. The van der Waals surface area contributed by atoms with Gasteiger partial charge in [0.25, 0.3) is 11.6 Å². The number of amides is 1. The lowest BCUT2D eigenvalue weighted by atomic mass is 10.2. The number of nitro benzene ring substituents is 1. The number of nitrogens with zero attached hydrogens (tertiary/aromatic N) is 2. The van der Waals surface area contributed by atoms with E-state index in [1.807, 2.05) is 30.5 Å². The zero-order chi connectivity index (χ0) is 21.8. The van der Waals surface area contributed by atoms with Gasteiger partial charge in [-0.2, -0.15) is 0 Å². The first-order chi connectivity index (χ1) is 14.3. The van der Waals surface area contributed by atoms with Crippen LogP contribution < -0.4 is 5.32 Å². The number of non-ortho nitro benzene ring substituents is 1. The summed E-state index contributed by atoms with van der Waals surface area (Å²) in [5, 5.41) is 12.9. The molecule has 0 fully saturated rings. The van der Waals surface area contributed by atoms with Gasteiger partial charge in [-0.15, -0.1) is 0 Å². The third-order valence-corrected chi connectivity index (χ3v) is 4.40. The molecule has 0 saturated carbocycles. The van der Waals surface area contributed by atoms with Crippen molar-refractivity contribution >= 4 is 23.3 Å². The van der Waals surface area contributed by atoms with E-state index in [1.54, 1.807) is 24.3 Å². The second-order valence-electron chi connectivity index (χ2n) is 6.54. The topological polar surface area (TPSA) is 103 Å². The number of hydrogen-bond acceptors (Lipinski definition) is 5. The monoisotopic (exact) mass is 411 g/mol. The SMILES string of the molecule is Cc1ccc(C)n1-c1ccc(C(=O)OCC(=O)Nc2cc([N+](=O)[O-])ccc2F)cc1. The number of hydrogen-bond donors (Lipinski definition) is 1. The van der Waals surface area contributed by atoms with Gasteiger partial charge in [-0.3, -0.25) is 14.9 Å². The summed E-state index contributed by atoms with van der Waals surface area (Å²) in [5.74, 6) is -2.39. The van der Waals surface area contributed by atoms with Gasteiger partial charge in [0.05, 0.1) is 16.2 Å². The van der Waals surface area contributed by atoms with Crippen molar-refractivity contribution in [3.63, 3.8) is 0 Å². The first kappa shape index (κ1) is 20.7. The lowest BCUT2D eigenvalue weighted by molar-refractivity contribution is -0.384. The first-order valence-corrected chi connectivity index (χ1v) is 8.92. The minimum absolute atomic E-state index is 0.246. The Morgan fingerprint density at radius 3 is 2.30 bits per heavy atom. The van der Waals surface area contributed by atoms with Crippen LogP contribution in [0.15, 0.2) is 54.6 Å². The van der Waals surface area contributed by atoms with Gasteiger partial charge < -0.3 is 14.6 Å². The van der Waals surface area contributed by atoms with Crippen LogP contribution in [0.1, 0.15) is 21.7 Å². The average molecular weight is 411 g/mol. The maximum Gasteiger partial charge on any atom is 0.338 e. The van der Waals surface area contributed by atoms with E-state index in [0.717, 1.165) is 35.3 Å². The smallest absolute Gasteiger partial charge is 0.338 e. The fourth-order valence-corrected chi connectivity index (χ4v) is 2.95. The van der Waals surface area contributed by atoms with Crippen molar-refractivity contribution in [2.24, 2.45) is 0 Å². The molecule has 0 spiro atoms. The Hall–Kier alpha value is -4.01. The van der Waals surface area contributed by atoms with Crippen LogP contribution in [-0.2, 0) is 9.53 Å². The normalized spacial score (nSPS) is 10.5. The summed E-state index contributed by atoms with van der Waals surface area (Å²) in [7, 11) is 0. The molecule has 0 aliphatic rings. The quantitative estimate of drug-likeness (QED) is 0.376. The predicted molar refractivity (Wildman–Crippen MR) is 107 cm³/mol. The molecule has 2 aromatic carbocycles. The minimum atomic E-state index is -0.841. The Kier molecular flexibility index (Phi) is 5.91. The summed E-state index contributed by atoms with van der Waals surface area (Å²) in [6.07, 6.45) is 0. The Bertz CT molecular complexity index is 1100. The van der Waals surface area contributed by atoms with Gasteiger partial charge in [-0.1, -0.05) is 0 Å². The number of esters is 1. The van der Waals surface area contributed by atoms with Gasteiger partial charge >= 0.3 is 5.97 Å². The molecule has 9 heteroatoms. The molecule has 30 heavy (non-hydrogen) atoms. The van der Waals surface area contributed by atoms with Crippen LogP contribution in [-0.4, -0.2) is 28.0 Å². The molecule has 0 aliphatic heterocycles. The molecule has 0 unspecified atom stereocenters. The van der Waals surface area contributed by atoms with Gasteiger partial charge in [0.1, 0.15) is 5.82 Å². The number of carbonyl (C=O) groups is 2. The Labute approximate surface area is 171 Å². The summed E-state index contributed by atoms with van der Waals surface area (Å²) < 4.78 is 20.7. The fraction of sp³-hybridized carbons (Fsp3) is 0.143. The van der Waals surface area contributed by atoms with Crippen LogP contribution >= 0.6 is 0 Å². The molecule has 0 aliphatic carbocycles. The van der Waals surface area contributed by atoms with Crippen LogP contribution in [0.25, 0.3) is 5.69 Å². The largest absolute Gasteiger partial charge is 0.452 e. The van der Waals surface area contributed by atoms with Crippen molar-refractivity contribution in [1.29, 1.82) is 0 Å². The second-order valence-corrected chi connectivity index (χ2v) is 6.54. The van der Waals surface area contributed by atoms with E-state index in [2.05, 4.69) is 5.32 Å². The number of halogens is 1. The van der Waals surface area contributed by atoms with Gasteiger partial charge in [-0.25, -0.2) is 9.18 Å². The van der Waals surface area contributed by atoms with Gasteiger partial charge in [0.15, 0.2) is 6.61 Å². The van der Waals surface area contributed by atoms with E-state index in [1.165, 1.54) is 0 Å². The van der Waals surface area contributed by atoms with Crippen LogP contribution in [0, 0.1) is 29.8 Å². The maximum absolute atomic E-state index is 13.7. The van der Waals surface area contributed by atoms with E-state index in [-0.39, 0.29) is 16.9 Å². The van der Waals surface area contributed by atoms with Crippen molar-refractivity contribution in [3.8, 4) is 5.69 Å². The summed E-state index contributed by atoms with van der Waals surface area (Å²) in [5.41, 5.74) is 2.48. The van der Waals surface area contributed by atoms with E-state index in [4.69, 9.17) is 4.74 Å². The molecule has 8 nitrogen and oxygen atoms in total. The third-order valence-electron chi connectivity index (χ3n) is 4.40. The number of ether oxygens (including phenoxy) is 1. The molecule has 0 radical (unpaired) electrons. The van der Waals surface area contributed by atoms with Crippen molar-refractivity contribution in [1.82, 2.24) is 4.57 Å². The van der Waals surface area contributed by atoms with E-state index in [0.29, 0.717) is 0 Å². The van der Waals surface area contributed by atoms with Gasteiger partial charge in [0, 0.05) is 29.2 Å². The number of anilines is 1. The van der Waals surface area contributed by atoms with Gasteiger partial charge in [-0.05, 0) is 56.3 Å². The molecule has 1 amide bonds. The van der Waals surface area contributed by atoms with Crippen LogP contribution in [0.5, 0.6) is 0 Å². The van der Waals surface area contributed by atoms with E-state index < -0.39 is 29.2 Å². The van der Waals surface area contributed by atoms with Crippen LogP contribution in [0.2, 0.25) is 0 Å². The number of nitrogens with one attached hydrogen (secondary N) is 1. The van der Waals surface area contributed by atoms with E-state index in [9.17, 15) is 24.1 Å². The maximum atomic E-state index is 13.7. The number of rotatable bonds is 6. The third kappa shape index (κ3) is 4.52. The molecular formula is C21H18FN3O5. The Morgan fingerprint density at radius 1 is 1.07 bits per heavy atom. The lowest BCUT2D eigenvalue weighted by Gasteiger charge is -2.10. The second kappa shape index (κ2) is 8.56. The highest BCUT2D eigenvalue weighted by molar-refractivity contribution is 5.95. The highest BCUT2D eigenvalue weighted by atomic mass is 19.1. The van der Waals surface area contributed by atoms with Crippen LogP contribution in [0.4, 0.5) is 15.8 Å². The zero-order valence-corrected chi connectivity index (χ0v) is 16.2. The van der Waals surface area contributed by atoms with Gasteiger partial charge in [0.2, 0.25) is 0 Å². The standard InChI is InChI=1S/C21H18FN3O5/c1-13-3-4-14(2)24(13)16-7-5-15(6-8-16)21(27)30-12-20(26)23-19-11-17(25(28)29)9-10-18(19)22/h3-11H,12H2,1-2H3,(H,23,26). The molecule has 0 bridgehead atoms. The van der Waals surface area contributed by atoms with Crippen molar-refractivity contribution in [3.05, 3.63) is 87.5 Å². The lowest BCUT2D eigenvalue weighted by Crippen LogP contribution is -2.21. The Balaban J connectivity index is 1.61. The summed E-state index contributed by atoms with van der Waals surface area (Å²) in [4.78, 5) is 34.2. The molecule has 0 saturated heterocycles. The predicted octanol–water partition coefficient (Wildman–Crippen LogP) is 3.94. The van der Waals surface area contributed by atoms with E-state index >= 15 is 0 Å². The number of nitro groups is 1. The summed E-state index contributed by atoms with van der Waals surface area (Å²) in [6.45, 7) is 3.27. The number of aromatic nitrogens is 1. The molecule has 1 heterocycles. The molecule has 3 aromatic rings. The fourth-order valence-electron chi connectivity index (χ4n) is 2.95. The van der Waals surface area contributed by atoms with Crippen LogP contribution in [0.3, 0.4) is 0 Å². The molecule has 154 valence electrons. The van der Waals surface area contributed by atoms with Crippen molar-refractivity contribution in [2.45, 2.75) is 13.8 Å². The number of benzene rings is 2. The van der Waals surface area contributed by atoms with Crippen molar-refractivity contribution < 1.29 is 23.6 Å². The summed E-state index contributed by atoms with van der Waals surface area (Å²) >= 11 is 0. The highest BCUT2D eigenvalue weighted by Gasteiger charge is 2.15. The number of carbonyl (C=O) groups excluding carboxylic acids is 2. The molecule has 0 atom stereocenters. The van der Waals surface area contributed by atoms with Crippen molar-refractivity contribution in [2.75, 3.05) is 11.9 Å². The number of aryl methyl sites for hydroxylation is 2. The summed E-state index contributed by atoms with van der Waals surface area (Å²) in [6, 6.07) is 13.4. The molecular weight excluding hydrogens is 393 g/mol. The highest BCUT2D eigenvalue weighted by Crippen LogP contribution is 2.21. The Morgan fingerprint density at radius 2 is 1.70 bits per heavy atom. The molecule has 1 aromatic heterocycles. The average Bonchev–Trinajstić information content (AvgIpc) is 3.06. The minimum Gasteiger partial charge on any atom is -0.452 e.